The molecule has 1 spiro atoms. The lowest BCUT2D eigenvalue weighted by atomic mass is 9.67. The maximum atomic E-state index is 4.97. The molecule has 0 aromatic heterocycles. The van der Waals surface area contributed by atoms with E-state index >= 15 is 0 Å². The number of benzene rings is 1. The summed E-state index contributed by atoms with van der Waals surface area (Å²) in [4.78, 5) is 4.97. The van der Waals surface area contributed by atoms with Gasteiger partial charge in [-0.05, 0) is 42.5 Å². The van der Waals surface area contributed by atoms with Gasteiger partial charge in [-0.25, -0.2) is 0 Å². The van der Waals surface area contributed by atoms with Crippen molar-refractivity contribution in [2.45, 2.75) is 45.1 Å². The van der Waals surface area contributed by atoms with Crippen molar-refractivity contribution in [2.75, 3.05) is 13.1 Å². The van der Waals surface area contributed by atoms with Crippen LogP contribution < -0.4 is 5.32 Å². The zero-order valence-corrected chi connectivity index (χ0v) is 12.2. The van der Waals surface area contributed by atoms with Crippen molar-refractivity contribution in [3.05, 3.63) is 35.4 Å². The van der Waals surface area contributed by atoms with Crippen molar-refractivity contribution < 1.29 is 0 Å². The van der Waals surface area contributed by atoms with Crippen LogP contribution in [0.2, 0.25) is 0 Å². The number of nitrogens with one attached hydrogen (secondary N) is 1. The van der Waals surface area contributed by atoms with Crippen molar-refractivity contribution >= 4 is 6.21 Å². The van der Waals surface area contributed by atoms with E-state index in [0.717, 1.165) is 13.1 Å². The molecule has 102 valence electrons. The molecule has 2 nitrogen and oxygen atoms in total. The normalized spacial score (nSPS) is 25.3. The Balaban J connectivity index is 2.10. The quantitative estimate of drug-likeness (QED) is 0.755. The molecule has 1 unspecified atom stereocenters. The van der Waals surface area contributed by atoms with E-state index in [9.17, 15) is 0 Å². The number of fused-ring (bicyclic) bond motifs is 2. The maximum absolute atomic E-state index is 4.97. The number of nitrogens with zero attached hydrogens (tertiary/aromatic N) is 1. The fourth-order valence-corrected chi connectivity index (χ4v) is 3.52. The molecule has 19 heavy (non-hydrogen) atoms. The standard InChI is InChI=1S/C17H24N2/c1-16(2,3)15-13-6-4-5-7-14(13)17(12-19-15)8-10-18-11-9-17/h4-7,12,15,18H,8-11H2,1-3H3. The Morgan fingerprint density at radius 1 is 1.16 bits per heavy atom. The third-order valence-corrected chi connectivity index (χ3v) is 4.58. The van der Waals surface area contributed by atoms with E-state index in [-0.39, 0.29) is 10.8 Å². The van der Waals surface area contributed by atoms with Crippen LogP contribution in [0.4, 0.5) is 0 Å². The summed E-state index contributed by atoms with van der Waals surface area (Å²) in [6, 6.07) is 9.24. The Labute approximate surface area is 116 Å². The van der Waals surface area contributed by atoms with E-state index in [1.54, 1.807) is 0 Å². The van der Waals surface area contributed by atoms with Crippen molar-refractivity contribution in [1.82, 2.24) is 5.32 Å². The van der Waals surface area contributed by atoms with Crippen molar-refractivity contribution in [3.8, 4) is 0 Å². The third-order valence-electron chi connectivity index (χ3n) is 4.58. The van der Waals surface area contributed by atoms with Crippen LogP contribution >= 0.6 is 0 Å². The van der Waals surface area contributed by atoms with Crippen LogP contribution in [0.3, 0.4) is 0 Å². The van der Waals surface area contributed by atoms with Gasteiger partial charge < -0.3 is 5.32 Å². The average Bonchev–Trinajstić information content (AvgIpc) is 2.39. The van der Waals surface area contributed by atoms with E-state index in [1.807, 2.05) is 0 Å². The Hall–Kier alpha value is -1.15. The van der Waals surface area contributed by atoms with E-state index in [2.05, 4.69) is 56.6 Å². The molecule has 1 N–H and O–H groups in total. The highest BCUT2D eigenvalue weighted by Crippen LogP contribution is 2.46. The average molecular weight is 256 g/mol. The van der Waals surface area contributed by atoms with Gasteiger partial charge >= 0.3 is 0 Å². The maximum Gasteiger partial charge on any atom is 0.0796 e. The van der Waals surface area contributed by atoms with E-state index in [4.69, 9.17) is 4.99 Å². The number of piperidine rings is 1. The smallest absolute Gasteiger partial charge is 0.0796 e. The second-order valence-corrected chi connectivity index (χ2v) is 7.04. The summed E-state index contributed by atoms with van der Waals surface area (Å²) in [6.07, 6.45) is 4.61. The lowest BCUT2D eigenvalue weighted by Gasteiger charge is -2.42. The van der Waals surface area contributed by atoms with Gasteiger partial charge in [-0.2, -0.15) is 0 Å². The zero-order chi connectivity index (χ0) is 13.5. The fraction of sp³-hybridized carbons (Fsp3) is 0.588. The van der Waals surface area contributed by atoms with E-state index in [1.165, 1.54) is 24.0 Å². The summed E-state index contributed by atoms with van der Waals surface area (Å²) < 4.78 is 0. The molecule has 0 saturated carbocycles. The summed E-state index contributed by atoms with van der Waals surface area (Å²) in [5, 5.41) is 3.47. The second kappa shape index (κ2) is 4.45. The molecule has 1 saturated heterocycles. The number of hydrogen-bond donors (Lipinski definition) is 1. The lowest BCUT2D eigenvalue weighted by Crippen LogP contribution is -2.44. The third kappa shape index (κ3) is 2.12. The summed E-state index contributed by atoms with van der Waals surface area (Å²) in [7, 11) is 0. The first-order valence-electron chi connectivity index (χ1n) is 7.37. The molecule has 0 amide bonds. The Morgan fingerprint density at radius 2 is 1.84 bits per heavy atom. The molecule has 3 rings (SSSR count). The summed E-state index contributed by atoms with van der Waals surface area (Å²) in [5.74, 6) is 0. The van der Waals surface area contributed by atoms with Gasteiger partial charge in [0, 0.05) is 11.6 Å². The first kappa shape index (κ1) is 12.9. The van der Waals surface area contributed by atoms with Crippen LogP contribution in [0.15, 0.2) is 29.3 Å². The number of hydrogen-bond acceptors (Lipinski definition) is 2. The topological polar surface area (TPSA) is 24.4 Å². The van der Waals surface area contributed by atoms with Crippen LogP contribution in [0.5, 0.6) is 0 Å². The van der Waals surface area contributed by atoms with Crippen LogP contribution in [-0.4, -0.2) is 19.3 Å². The molecule has 1 aromatic rings. The molecule has 2 aliphatic heterocycles. The Morgan fingerprint density at radius 3 is 2.53 bits per heavy atom. The molecule has 1 atom stereocenters. The van der Waals surface area contributed by atoms with Crippen molar-refractivity contribution in [2.24, 2.45) is 10.4 Å². The zero-order valence-electron chi connectivity index (χ0n) is 12.2. The predicted octanol–water partition coefficient (Wildman–Crippen LogP) is 3.48. The van der Waals surface area contributed by atoms with E-state index < -0.39 is 0 Å². The molecular formula is C17H24N2. The number of rotatable bonds is 0. The highest BCUT2D eigenvalue weighted by molar-refractivity contribution is 5.77. The molecule has 1 aromatic carbocycles. The molecule has 0 aliphatic carbocycles. The molecule has 0 bridgehead atoms. The largest absolute Gasteiger partial charge is 0.317 e. The number of aliphatic imine (C=N–C) groups is 1. The monoisotopic (exact) mass is 256 g/mol. The lowest BCUT2D eigenvalue weighted by molar-refractivity contribution is 0.308. The van der Waals surface area contributed by atoms with Crippen LogP contribution in [-0.2, 0) is 5.41 Å². The van der Waals surface area contributed by atoms with Crippen LogP contribution in [0.25, 0.3) is 0 Å². The molecule has 2 heterocycles. The minimum absolute atomic E-state index is 0.182. The summed E-state index contributed by atoms with van der Waals surface area (Å²) in [6.45, 7) is 9.05. The summed E-state index contributed by atoms with van der Waals surface area (Å²) >= 11 is 0. The SMILES string of the molecule is CC(C)(C)C1N=CC2(CCNCC2)c2ccccc21. The van der Waals surface area contributed by atoms with Gasteiger partial charge in [-0.1, -0.05) is 45.0 Å². The minimum atomic E-state index is 0.182. The summed E-state index contributed by atoms with van der Waals surface area (Å²) in [5.41, 5.74) is 3.33. The van der Waals surface area contributed by atoms with Crippen LogP contribution in [0, 0.1) is 5.41 Å². The van der Waals surface area contributed by atoms with Gasteiger partial charge in [0.15, 0.2) is 0 Å². The van der Waals surface area contributed by atoms with Gasteiger partial charge in [0.2, 0.25) is 0 Å². The highest BCUT2D eigenvalue weighted by Gasteiger charge is 2.40. The van der Waals surface area contributed by atoms with Gasteiger partial charge in [0.25, 0.3) is 0 Å². The van der Waals surface area contributed by atoms with Gasteiger partial charge in [0.1, 0.15) is 0 Å². The highest BCUT2D eigenvalue weighted by atomic mass is 14.9. The molecule has 2 aliphatic rings. The van der Waals surface area contributed by atoms with Gasteiger partial charge in [-0.15, -0.1) is 0 Å². The van der Waals surface area contributed by atoms with Crippen molar-refractivity contribution in [3.63, 3.8) is 0 Å². The first-order chi connectivity index (χ1) is 9.03. The minimum Gasteiger partial charge on any atom is -0.317 e. The first-order valence-corrected chi connectivity index (χ1v) is 7.37. The second-order valence-electron chi connectivity index (χ2n) is 7.04. The Bertz CT molecular complexity index is 490. The predicted molar refractivity (Wildman–Crippen MR) is 80.9 cm³/mol. The Kier molecular flexibility index (Phi) is 3.01. The van der Waals surface area contributed by atoms with Gasteiger partial charge in [0.05, 0.1) is 6.04 Å². The molecule has 0 radical (unpaired) electrons. The fourth-order valence-electron chi connectivity index (χ4n) is 3.52. The van der Waals surface area contributed by atoms with E-state index in [0.29, 0.717) is 6.04 Å². The van der Waals surface area contributed by atoms with Gasteiger partial charge in [-0.3, -0.25) is 4.99 Å². The van der Waals surface area contributed by atoms with Crippen LogP contribution in [0.1, 0.15) is 50.8 Å². The van der Waals surface area contributed by atoms with Crippen molar-refractivity contribution in [1.29, 1.82) is 0 Å². The molecule has 2 heteroatoms. The molecular weight excluding hydrogens is 232 g/mol. The molecule has 1 fully saturated rings.